The van der Waals surface area contributed by atoms with E-state index in [2.05, 4.69) is 5.32 Å². The second-order valence-corrected chi connectivity index (χ2v) is 8.02. The number of rotatable bonds is 6. The first-order valence-electron chi connectivity index (χ1n) is 10.7. The Morgan fingerprint density at radius 3 is 2.45 bits per heavy atom. The maximum atomic E-state index is 12.6. The van der Waals surface area contributed by atoms with Crippen molar-refractivity contribution in [2.75, 3.05) is 23.3 Å². The Labute approximate surface area is 189 Å². The van der Waals surface area contributed by atoms with Crippen molar-refractivity contribution >= 4 is 35.0 Å². The molecule has 0 fully saturated rings. The lowest BCUT2D eigenvalue weighted by molar-refractivity contribution is -0.116. The number of benzene rings is 2. The predicted molar refractivity (Wildman–Crippen MR) is 120 cm³/mol. The molecule has 0 atom stereocenters. The highest BCUT2D eigenvalue weighted by Crippen LogP contribution is 2.32. The molecule has 166 valence electrons. The van der Waals surface area contributed by atoms with Crippen molar-refractivity contribution in [3.05, 3.63) is 83.3 Å². The summed E-state index contributed by atoms with van der Waals surface area (Å²) in [7, 11) is 0. The number of amides is 4. The van der Waals surface area contributed by atoms with Crippen LogP contribution in [0.1, 0.15) is 49.5 Å². The zero-order valence-electron chi connectivity index (χ0n) is 17.7. The molecule has 1 N–H and O–H groups in total. The van der Waals surface area contributed by atoms with Gasteiger partial charge < -0.3 is 14.6 Å². The average Bonchev–Trinajstić information content (AvgIpc) is 3.55. The highest BCUT2D eigenvalue weighted by atomic mass is 16.3. The van der Waals surface area contributed by atoms with E-state index in [-0.39, 0.29) is 36.6 Å². The molecule has 0 aliphatic carbocycles. The number of imide groups is 1. The number of fused-ring (bicyclic) bond motifs is 2. The number of nitrogens with one attached hydrogen (secondary N) is 1. The maximum absolute atomic E-state index is 12.6. The van der Waals surface area contributed by atoms with Gasteiger partial charge in [-0.3, -0.25) is 24.1 Å². The molecule has 8 heteroatoms. The molecule has 0 saturated carbocycles. The molecule has 0 radical (unpaired) electrons. The Morgan fingerprint density at radius 1 is 1.00 bits per heavy atom. The molecule has 2 aromatic carbocycles. The summed E-state index contributed by atoms with van der Waals surface area (Å²) < 4.78 is 5.00. The van der Waals surface area contributed by atoms with Gasteiger partial charge in [-0.05, 0) is 54.8 Å². The summed E-state index contributed by atoms with van der Waals surface area (Å²) in [4.78, 5) is 52.7. The number of carbonyl (C=O) groups excluding carboxylic acids is 4. The first-order chi connectivity index (χ1) is 16.0. The van der Waals surface area contributed by atoms with Crippen LogP contribution < -0.4 is 10.2 Å². The number of furan rings is 1. The lowest BCUT2D eigenvalue weighted by Gasteiger charge is -2.17. The van der Waals surface area contributed by atoms with Gasteiger partial charge in [-0.15, -0.1) is 0 Å². The Balaban J connectivity index is 1.16. The summed E-state index contributed by atoms with van der Waals surface area (Å²) in [5.41, 5.74) is 3.77. The molecule has 5 rings (SSSR count). The van der Waals surface area contributed by atoms with Crippen LogP contribution >= 0.6 is 0 Å². The Bertz CT molecular complexity index is 1230. The standard InChI is InChI=1S/C25H21N3O5/c29-22(6-3-11-28-24(31)19-4-1-2-5-20(19)25(28)32)26-18-7-8-21-16(14-18)9-12-27(21)23(30)17-10-13-33-15-17/h1-2,4-5,7-8,10,13-15H,3,6,9,11-12H2,(H,26,29). The summed E-state index contributed by atoms with van der Waals surface area (Å²) in [5, 5.41) is 2.86. The van der Waals surface area contributed by atoms with Crippen LogP contribution in [0.25, 0.3) is 0 Å². The van der Waals surface area contributed by atoms with Crippen LogP contribution in [-0.2, 0) is 11.2 Å². The van der Waals surface area contributed by atoms with Gasteiger partial charge in [0.25, 0.3) is 17.7 Å². The minimum Gasteiger partial charge on any atom is -0.472 e. The van der Waals surface area contributed by atoms with E-state index in [1.807, 2.05) is 12.1 Å². The number of nitrogens with zero attached hydrogens (tertiary/aromatic N) is 2. The highest BCUT2D eigenvalue weighted by Gasteiger charge is 2.34. The van der Waals surface area contributed by atoms with Gasteiger partial charge in [0.1, 0.15) is 6.26 Å². The van der Waals surface area contributed by atoms with E-state index in [0.717, 1.165) is 11.3 Å². The molecule has 0 spiro atoms. The molecule has 0 saturated heterocycles. The van der Waals surface area contributed by atoms with Gasteiger partial charge in [0.2, 0.25) is 5.91 Å². The topological polar surface area (TPSA) is 99.9 Å². The smallest absolute Gasteiger partial charge is 0.261 e. The van der Waals surface area contributed by atoms with E-state index >= 15 is 0 Å². The molecule has 2 aliphatic rings. The van der Waals surface area contributed by atoms with Gasteiger partial charge in [-0.1, -0.05) is 12.1 Å². The van der Waals surface area contributed by atoms with Crippen LogP contribution in [0.2, 0.25) is 0 Å². The molecule has 8 nitrogen and oxygen atoms in total. The number of carbonyl (C=O) groups is 4. The molecule has 3 heterocycles. The minimum atomic E-state index is -0.316. The normalized spacial score (nSPS) is 14.4. The minimum absolute atomic E-state index is 0.118. The van der Waals surface area contributed by atoms with Crippen LogP contribution in [0.15, 0.2) is 65.5 Å². The SMILES string of the molecule is O=C(CCCN1C(=O)c2ccccc2C1=O)Nc1ccc2c(c1)CCN2C(=O)c1ccoc1. The Kier molecular flexibility index (Phi) is 5.26. The van der Waals surface area contributed by atoms with Crippen LogP contribution in [-0.4, -0.2) is 41.6 Å². The molecule has 2 aliphatic heterocycles. The summed E-state index contributed by atoms with van der Waals surface area (Å²) in [6, 6.07) is 13.8. The molecular formula is C25H21N3O5. The van der Waals surface area contributed by atoms with E-state index in [4.69, 9.17) is 4.42 Å². The van der Waals surface area contributed by atoms with Crippen molar-refractivity contribution < 1.29 is 23.6 Å². The maximum Gasteiger partial charge on any atom is 0.261 e. The van der Waals surface area contributed by atoms with E-state index < -0.39 is 0 Å². The fourth-order valence-corrected chi connectivity index (χ4v) is 4.30. The summed E-state index contributed by atoms with van der Waals surface area (Å²) in [6.07, 6.45) is 4.14. The predicted octanol–water partition coefficient (Wildman–Crippen LogP) is 3.50. The summed E-state index contributed by atoms with van der Waals surface area (Å²) in [6.45, 7) is 0.756. The number of hydrogen-bond donors (Lipinski definition) is 1. The third-order valence-corrected chi connectivity index (χ3v) is 5.94. The second-order valence-electron chi connectivity index (χ2n) is 8.02. The highest BCUT2D eigenvalue weighted by molar-refractivity contribution is 6.21. The van der Waals surface area contributed by atoms with Gasteiger partial charge in [0, 0.05) is 30.9 Å². The van der Waals surface area contributed by atoms with Crippen LogP contribution in [0.4, 0.5) is 11.4 Å². The van der Waals surface area contributed by atoms with Crippen molar-refractivity contribution in [2.24, 2.45) is 0 Å². The number of hydrogen-bond acceptors (Lipinski definition) is 5. The zero-order chi connectivity index (χ0) is 22.9. The molecule has 3 aromatic rings. The molecular weight excluding hydrogens is 422 g/mol. The Hall–Kier alpha value is -4.20. The van der Waals surface area contributed by atoms with Gasteiger partial charge in [0.15, 0.2) is 0 Å². The number of anilines is 2. The fourth-order valence-electron chi connectivity index (χ4n) is 4.30. The monoisotopic (exact) mass is 443 g/mol. The molecule has 0 unspecified atom stereocenters. The van der Waals surface area contributed by atoms with Crippen LogP contribution in [0, 0.1) is 0 Å². The van der Waals surface area contributed by atoms with Gasteiger partial charge in [0.05, 0.1) is 23.0 Å². The lowest BCUT2D eigenvalue weighted by atomic mass is 10.1. The van der Waals surface area contributed by atoms with Gasteiger partial charge >= 0.3 is 0 Å². The fraction of sp³-hybridized carbons (Fsp3) is 0.200. The summed E-state index contributed by atoms with van der Waals surface area (Å²) >= 11 is 0. The van der Waals surface area contributed by atoms with Gasteiger partial charge in [-0.25, -0.2) is 0 Å². The van der Waals surface area contributed by atoms with Crippen molar-refractivity contribution in [1.29, 1.82) is 0 Å². The molecule has 33 heavy (non-hydrogen) atoms. The van der Waals surface area contributed by atoms with Crippen LogP contribution in [0.5, 0.6) is 0 Å². The van der Waals surface area contributed by atoms with Crippen LogP contribution in [0.3, 0.4) is 0 Å². The van der Waals surface area contributed by atoms with Crippen molar-refractivity contribution in [2.45, 2.75) is 19.3 Å². The molecule has 1 aromatic heterocycles. The average molecular weight is 443 g/mol. The molecule has 4 amide bonds. The van der Waals surface area contributed by atoms with E-state index in [9.17, 15) is 19.2 Å². The van der Waals surface area contributed by atoms with E-state index in [1.165, 1.54) is 17.4 Å². The third kappa shape index (κ3) is 3.80. The van der Waals surface area contributed by atoms with Crippen molar-refractivity contribution in [3.63, 3.8) is 0 Å². The van der Waals surface area contributed by atoms with Crippen molar-refractivity contribution in [1.82, 2.24) is 4.90 Å². The van der Waals surface area contributed by atoms with Gasteiger partial charge in [-0.2, -0.15) is 0 Å². The Morgan fingerprint density at radius 2 is 1.76 bits per heavy atom. The van der Waals surface area contributed by atoms with Crippen molar-refractivity contribution in [3.8, 4) is 0 Å². The second kappa shape index (κ2) is 8.38. The third-order valence-electron chi connectivity index (χ3n) is 5.94. The van der Waals surface area contributed by atoms with E-state index in [0.29, 0.717) is 41.8 Å². The largest absolute Gasteiger partial charge is 0.472 e. The summed E-state index contributed by atoms with van der Waals surface area (Å²) in [5.74, 6) is -0.948. The first-order valence-corrected chi connectivity index (χ1v) is 10.7. The van der Waals surface area contributed by atoms with E-state index in [1.54, 1.807) is 41.3 Å². The molecule has 0 bridgehead atoms. The first kappa shape index (κ1) is 20.7. The zero-order valence-corrected chi connectivity index (χ0v) is 17.7. The quantitative estimate of drug-likeness (QED) is 0.588. The lowest BCUT2D eigenvalue weighted by Crippen LogP contribution is -2.31.